The lowest BCUT2D eigenvalue weighted by Crippen LogP contribution is -2.20. The second-order valence-corrected chi connectivity index (χ2v) is 2.72. The SMILES string of the molecule is CONC(=O)c1cc(O)cs1. The highest BCUT2D eigenvalue weighted by molar-refractivity contribution is 7.12. The average molecular weight is 173 g/mol. The molecule has 0 saturated heterocycles. The summed E-state index contributed by atoms with van der Waals surface area (Å²) in [7, 11) is 1.35. The van der Waals surface area contributed by atoms with E-state index >= 15 is 0 Å². The molecule has 5 heteroatoms. The lowest BCUT2D eigenvalue weighted by atomic mass is 10.4. The first-order chi connectivity index (χ1) is 5.24. The highest BCUT2D eigenvalue weighted by Gasteiger charge is 2.06. The third-order valence-corrected chi connectivity index (χ3v) is 1.92. The smallest absolute Gasteiger partial charge is 0.285 e. The van der Waals surface area contributed by atoms with Gasteiger partial charge in [0, 0.05) is 11.4 Å². The van der Waals surface area contributed by atoms with E-state index in [1.54, 1.807) is 0 Å². The molecule has 0 fully saturated rings. The van der Waals surface area contributed by atoms with Gasteiger partial charge in [-0.1, -0.05) is 0 Å². The molecule has 11 heavy (non-hydrogen) atoms. The molecule has 4 nitrogen and oxygen atoms in total. The lowest BCUT2D eigenvalue weighted by molar-refractivity contribution is 0.0542. The number of hydrogen-bond donors (Lipinski definition) is 2. The van der Waals surface area contributed by atoms with Gasteiger partial charge in [-0.2, -0.15) is 0 Å². The van der Waals surface area contributed by atoms with Gasteiger partial charge in [0.05, 0.1) is 12.0 Å². The van der Waals surface area contributed by atoms with Gasteiger partial charge in [-0.25, -0.2) is 5.48 Å². The molecule has 0 aliphatic rings. The first-order valence-corrected chi connectivity index (χ1v) is 3.73. The van der Waals surface area contributed by atoms with E-state index in [1.807, 2.05) is 0 Å². The Bertz CT molecular complexity index is 258. The summed E-state index contributed by atoms with van der Waals surface area (Å²) in [6.45, 7) is 0. The van der Waals surface area contributed by atoms with Gasteiger partial charge in [0.25, 0.3) is 5.91 Å². The molecule has 1 aromatic heterocycles. The van der Waals surface area contributed by atoms with Crippen LogP contribution in [0.2, 0.25) is 0 Å². The van der Waals surface area contributed by atoms with E-state index in [2.05, 4.69) is 10.3 Å². The highest BCUT2D eigenvalue weighted by Crippen LogP contribution is 2.19. The fourth-order valence-corrected chi connectivity index (χ4v) is 1.24. The van der Waals surface area contributed by atoms with Crippen molar-refractivity contribution in [1.29, 1.82) is 0 Å². The maximum atomic E-state index is 10.9. The van der Waals surface area contributed by atoms with Crippen molar-refractivity contribution in [2.45, 2.75) is 0 Å². The van der Waals surface area contributed by atoms with Crippen LogP contribution in [0.25, 0.3) is 0 Å². The molecule has 0 unspecified atom stereocenters. The van der Waals surface area contributed by atoms with Crippen LogP contribution in [-0.4, -0.2) is 18.1 Å². The number of carbonyl (C=O) groups excluding carboxylic acids is 1. The number of aromatic hydroxyl groups is 1. The van der Waals surface area contributed by atoms with E-state index < -0.39 is 0 Å². The van der Waals surface area contributed by atoms with Gasteiger partial charge < -0.3 is 5.11 Å². The number of amides is 1. The average Bonchev–Trinajstić information content (AvgIpc) is 2.36. The Balaban J connectivity index is 2.69. The Labute approximate surface area is 67.4 Å². The molecule has 0 aromatic carbocycles. The fourth-order valence-electron chi connectivity index (χ4n) is 0.588. The van der Waals surface area contributed by atoms with E-state index in [4.69, 9.17) is 5.11 Å². The molecule has 0 radical (unpaired) electrons. The standard InChI is InChI=1S/C6H7NO3S/c1-10-7-6(9)5-2-4(8)3-11-5/h2-3,8H,1H3,(H,7,9). The van der Waals surface area contributed by atoms with Crippen LogP contribution in [0.4, 0.5) is 0 Å². The predicted octanol–water partition coefficient (Wildman–Crippen LogP) is 0.745. The molecule has 0 spiro atoms. The van der Waals surface area contributed by atoms with Crippen molar-refractivity contribution in [3.63, 3.8) is 0 Å². The Morgan fingerprint density at radius 2 is 2.55 bits per heavy atom. The van der Waals surface area contributed by atoms with Crippen molar-refractivity contribution in [1.82, 2.24) is 5.48 Å². The van der Waals surface area contributed by atoms with E-state index in [9.17, 15) is 4.79 Å². The zero-order valence-electron chi connectivity index (χ0n) is 5.83. The van der Waals surface area contributed by atoms with Crippen LogP contribution in [0.5, 0.6) is 5.75 Å². The minimum absolute atomic E-state index is 0.0938. The van der Waals surface area contributed by atoms with Gasteiger partial charge in [-0.15, -0.1) is 11.3 Å². The summed E-state index contributed by atoms with van der Waals surface area (Å²) in [6, 6.07) is 1.37. The normalized spacial score (nSPS) is 9.55. The molecule has 1 aromatic rings. The number of rotatable bonds is 2. The van der Waals surface area contributed by atoms with Gasteiger partial charge in [0.2, 0.25) is 0 Å². The molecular weight excluding hydrogens is 166 g/mol. The number of hydroxylamine groups is 1. The maximum Gasteiger partial charge on any atom is 0.285 e. The molecule has 2 N–H and O–H groups in total. The van der Waals surface area contributed by atoms with Crippen LogP contribution >= 0.6 is 11.3 Å². The summed E-state index contributed by atoms with van der Waals surface area (Å²) in [5.74, 6) is -0.256. The third-order valence-electron chi connectivity index (χ3n) is 1.00. The van der Waals surface area contributed by atoms with Crippen molar-refractivity contribution < 1.29 is 14.7 Å². The largest absolute Gasteiger partial charge is 0.507 e. The molecule has 0 atom stereocenters. The number of thiophene rings is 1. The van der Waals surface area contributed by atoms with Crippen LogP contribution < -0.4 is 5.48 Å². The van der Waals surface area contributed by atoms with E-state index in [0.717, 1.165) is 11.3 Å². The molecule has 1 heterocycles. The Morgan fingerprint density at radius 3 is 3.00 bits per heavy atom. The van der Waals surface area contributed by atoms with Crippen molar-refractivity contribution in [2.24, 2.45) is 0 Å². The monoisotopic (exact) mass is 173 g/mol. The van der Waals surface area contributed by atoms with Crippen molar-refractivity contribution in [3.05, 3.63) is 16.3 Å². The summed E-state index contributed by atoms with van der Waals surface area (Å²) in [4.78, 5) is 15.7. The molecule has 60 valence electrons. The first kappa shape index (κ1) is 8.03. The summed E-state index contributed by atoms with van der Waals surface area (Å²) in [5, 5.41) is 10.3. The van der Waals surface area contributed by atoms with Gasteiger partial charge in [0.15, 0.2) is 0 Å². The maximum absolute atomic E-state index is 10.9. The zero-order chi connectivity index (χ0) is 8.27. The number of hydrogen-bond acceptors (Lipinski definition) is 4. The summed E-state index contributed by atoms with van der Waals surface area (Å²) in [6.07, 6.45) is 0. The molecule has 0 aliphatic carbocycles. The van der Waals surface area contributed by atoms with Crippen LogP contribution in [0.1, 0.15) is 9.67 Å². The van der Waals surface area contributed by atoms with Crippen LogP contribution in [-0.2, 0) is 4.84 Å². The zero-order valence-corrected chi connectivity index (χ0v) is 6.64. The predicted molar refractivity (Wildman–Crippen MR) is 40.5 cm³/mol. The van der Waals surface area contributed by atoms with Crippen molar-refractivity contribution >= 4 is 17.2 Å². The molecule has 1 amide bonds. The Kier molecular flexibility index (Phi) is 2.45. The van der Waals surface area contributed by atoms with Crippen LogP contribution in [0.3, 0.4) is 0 Å². The summed E-state index contributed by atoms with van der Waals surface area (Å²) in [5.41, 5.74) is 2.14. The van der Waals surface area contributed by atoms with Crippen LogP contribution in [0, 0.1) is 0 Å². The van der Waals surface area contributed by atoms with Gasteiger partial charge in [0.1, 0.15) is 5.75 Å². The first-order valence-electron chi connectivity index (χ1n) is 2.85. The van der Waals surface area contributed by atoms with Crippen LogP contribution in [0.15, 0.2) is 11.4 Å². The van der Waals surface area contributed by atoms with Gasteiger partial charge >= 0.3 is 0 Å². The Hall–Kier alpha value is -1.07. The van der Waals surface area contributed by atoms with E-state index in [0.29, 0.717) is 4.88 Å². The molecule has 1 rings (SSSR count). The number of carbonyl (C=O) groups is 1. The van der Waals surface area contributed by atoms with Gasteiger partial charge in [-0.3, -0.25) is 9.63 Å². The minimum atomic E-state index is -0.349. The molecule has 0 bridgehead atoms. The second-order valence-electron chi connectivity index (χ2n) is 1.80. The van der Waals surface area contributed by atoms with Gasteiger partial charge in [-0.05, 0) is 0 Å². The van der Waals surface area contributed by atoms with E-state index in [-0.39, 0.29) is 11.7 Å². The van der Waals surface area contributed by atoms with Crippen molar-refractivity contribution in [2.75, 3.05) is 7.11 Å². The van der Waals surface area contributed by atoms with Crippen molar-refractivity contribution in [3.8, 4) is 5.75 Å². The Morgan fingerprint density at radius 1 is 1.82 bits per heavy atom. The molecule has 0 aliphatic heterocycles. The summed E-state index contributed by atoms with van der Waals surface area (Å²) >= 11 is 1.16. The quantitative estimate of drug-likeness (QED) is 0.648. The lowest BCUT2D eigenvalue weighted by Gasteiger charge is -1.96. The minimum Gasteiger partial charge on any atom is -0.507 e. The molecular formula is C6H7NO3S. The third kappa shape index (κ3) is 1.92. The highest BCUT2D eigenvalue weighted by atomic mass is 32.1. The summed E-state index contributed by atoms with van der Waals surface area (Å²) < 4.78 is 0. The number of nitrogens with one attached hydrogen (secondary N) is 1. The molecule has 0 saturated carbocycles. The van der Waals surface area contributed by atoms with E-state index in [1.165, 1.54) is 18.6 Å². The topological polar surface area (TPSA) is 58.6 Å². The fraction of sp³-hybridized carbons (Fsp3) is 0.167. The second kappa shape index (κ2) is 3.36.